The van der Waals surface area contributed by atoms with Crippen molar-refractivity contribution in [2.24, 2.45) is 5.84 Å². The predicted octanol–water partition coefficient (Wildman–Crippen LogP) is 0.530. The number of rotatable bonds is 4. The second-order valence-electron chi connectivity index (χ2n) is 5.58. The van der Waals surface area contributed by atoms with Crippen molar-refractivity contribution in [1.29, 1.82) is 0 Å². The van der Waals surface area contributed by atoms with Gasteiger partial charge in [-0.25, -0.2) is 0 Å². The highest BCUT2D eigenvalue weighted by Crippen LogP contribution is 2.23. The minimum Gasteiger partial charge on any atom is -0.304 e. The maximum absolute atomic E-state index is 5.76. The van der Waals surface area contributed by atoms with Crippen molar-refractivity contribution in [3.05, 3.63) is 29.6 Å². The van der Waals surface area contributed by atoms with Gasteiger partial charge in [0, 0.05) is 44.1 Å². The largest absolute Gasteiger partial charge is 0.304 e. The van der Waals surface area contributed by atoms with E-state index in [-0.39, 0.29) is 6.04 Å². The molecule has 1 aliphatic rings. The average molecular weight is 263 g/mol. The van der Waals surface area contributed by atoms with Gasteiger partial charge < -0.3 is 9.80 Å². The van der Waals surface area contributed by atoms with Crippen molar-refractivity contribution in [3.8, 4) is 0 Å². The van der Waals surface area contributed by atoms with Crippen LogP contribution in [-0.2, 0) is 0 Å². The summed E-state index contributed by atoms with van der Waals surface area (Å²) < 4.78 is 0. The van der Waals surface area contributed by atoms with Crippen molar-refractivity contribution >= 4 is 0 Å². The number of likely N-dealkylation sites (N-methyl/N-ethyl adjacent to an activating group) is 2. The van der Waals surface area contributed by atoms with Crippen LogP contribution in [0.1, 0.15) is 23.6 Å². The molecule has 106 valence electrons. The van der Waals surface area contributed by atoms with Gasteiger partial charge in [-0.2, -0.15) is 0 Å². The summed E-state index contributed by atoms with van der Waals surface area (Å²) in [6.45, 7) is 5.45. The molecule has 0 aliphatic carbocycles. The lowest BCUT2D eigenvalue weighted by Crippen LogP contribution is -2.51. The van der Waals surface area contributed by atoms with Crippen molar-refractivity contribution in [3.63, 3.8) is 0 Å². The molecular weight excluding hydrogens is 238 g/mol. The van der Waals surface area contributed by atoms with Gasteiger partial charge in [0.25, 0.3) is 0 Å². The minimum absolute atomic E-state index is 0.160. The van der Waals surface area contributed by atoms with E-state index in [1.807, 2.05) is 18.5 Å². The van der Waals surface area contributed by atoms with Crippen LogP contribution in [0.15, 0.2) is 18.5 Å². The van der Waals surface area contributed by atoms with Crippen LogP contribution in [-0.4, -0.2) is 54.6 Å². The maximum Gasteiger partial charge on any atom is 0.0493 e. The van der Waals surface area contributed by atoms with Gasteiger partial charge in [0.15, 0.2) is 0 Å². The number of piperazine rings is 1. The minimum atomic E-state index is 0.160. The molecule has 1 aromatic rings. The Morgan fingerprint density at radius 1 is 1.47 bits per heavy atom. The number of hydrazine groups is 1. The summed E-state index contributed by atoms with van der Waals surface area (Å²) in [6, 6.07) is 2.73. The molecular formula is C14H25N5. The number of nitrogens with zero attached hydrogens (tertiary/aromatic N) is 3. The molecule has 2 atom stereocenters. The summed E-state index contributed by atoms with van der Waals surface area (Å²) in [6.07, 6.45) is 4.75. The molecule has 1 fully saturated rings. The van der Waals surface area contributed by atoms with Crippen LogP contribution >= 0.6 is 0 Å². The molecule has 5 nitrogen and oxygen atoms in total. The van der Waals surface area contributed by atoms with Gasteiger partial charge >= 0.3 is 0 Å². The number of hydrogen-bond acceptors (Lipinski definition) is 5. The molecule has 0 bridgehead atoms. The maximum atomic E-state index is 5.76. The average Bonchev–Trinajstić information content (AvgIpc) is 2.41. The van der Waals surface area contributed by atoms with E-state index in [2.05, 4.69) is 41.2 Å². The van der Waals surface area contributed by atoms with E-state index < -0.39 is 0 Å². The number of nitrogens with two attached hydrogens (primary N) is 1. The molecule has 2 heterocycles. The Labute approximate surface area is 115 Å². The van der Waals surface area contributed by atoms with Crippen molar-refractivity contribution in [1.82, 2.24) is 20.2 Å². The van der Waals surface area contributed by atoms with Crippen LogP contribution < -0.4 is 11.3 Å². The van der Waals surface area contributed by atoms with Crippen molar-refractivity contribution in [2.75, 3.05) is 33.7 Å². The number of hydrogen-bond donors (Lipinski definition) is 2. The topological polar surface area (TPSA) is 57.4 Å². The van der Waals surface area contributed by atoms with Crippen LogP contribution in [0.4, 0.5) is 0 Å². The zero-order chi connectivity index (χ0) is 13.8. The van der Waals surface area contributed by atoms with Crippen molar-refractivity contribution in [2.45, 2.75) is 25.4 Å². The molecule has 0 amide bonds. The zero-order valence-electron chi connectivity index (χ0n) is 12.1. The van der Waals surface area contributed by atoms with Gasteiger partial charge in [-0.15, -0.1) is 0 Å². The van der Waals surface area contributed by atoms with E-state index in [1.54, 1.807) is 0 Å². The fourth-order valence-electron chi connectivity index (χ4n) is 2.75. The Hall–Kier alpha value is -1.01. The van der Waals surface area contributed by atoms with E-state index >= 15 is 0 Å². The lowest BCUT2D eigenvalue weighted by molar-refractivity contribution is 0.101. The third kappa shape index (κ3) is 3.51. The van der Waals surface area contributed by atoms with Gasteiger partial charge in [0.05, 0.1) is 0 Å². The fourth-order valence-corrected chi connectivity index (χ4v) is 2.75. The molecule has 0 radical (unpaired) electrons. The Kier molecular flexibility index (Phi) is 4.87. The van der Waals surface area contributed by atoms with Crippen molar-refractivity contribution < 1.29 is 0 Å². The lowest BCUT2D eigenvalue weighted by atomic mass is 9.96. The summed E-state index contributed by atoms with van der Waals surface area (Å²) in [7, 11) is 4.38. The summed E-state index contributed by atoms with van der Waals surface area (Å²) in [5.41, 5.74) is 5.40. The van der Waals surface area contributed by atoms with Gasteiger partial charge in [0.1, 0.15) is 0 Å². The first-order valence-corrected chi connectivity index (χ1v) is 6.87. The molecule has 1 aromatic heterocycles. The summed E-state index contributed by atoms with van der Waals surface area (Å²) in [5, 5.41) is 0. The Morgan fingerprint density at radius 3 is 2.95 bits per heavy atom. The monoisotopic (exact) mass is 263 g/mol. The standard InChI is InChI=1S/C14H25N5/c1-11-4-5-16-9-13(11)14(17-15)8-12-10-18(2)6-7-19(12)3/h4-5,9,12,14,17H,6-8,10,15H2,1-3H3. The van der Waals surface area contributed by atoms with Gasteiger partial charge in [-0.05, 0) is 44.6 Å². The van der Waals surface area contributed by atoms with E-state index in [4.69, 9.17) is 5.84 Å². The highest BCUT2D eigenvalue weighted by atomic mass is 15.3. The molecule has 0 aromatic carbocycles. The van der Waals surface area contributed by atoms with Crippen LogP contribution in [0, 0.1) is 6.92 Å². The van der Waals surface area contributed by atoms with Crippen LogP contribution in [0.2, 0.25) is 0 Å². The molecule has 2 rings (SSSR count). The van der Waals surface area contributed by atoms with Gasteiger partial charge in [0.2, 0.25) is 0 Å². The fraction of sp³-hybridized carbons (Fsp3) is 0.643. The first-order chi connectivity index (χ1) is 9.11. The summed E-state index contributed by atoms with van der Waals surface area (Å²) in [4.78, 5) is 9.03. The number of pyridine rings is 1. The molecule has 0 saturated carbocycles. The number of aryl methyl sites for hydroxylation is 1. The highest BCUT2D eigenvalue weighted by molar-refractivity contribution is 5.25. The molecule has 1 saturated heterocycles. The van der Waals surface area contributed by atoms with Crippen LogP contribution in [0.5, 0.6) is 0 Å². The second kappa shape index (κ2) is 6.43. The third-order valence-electron chi connectivity index (χ3n) is 4.14. The van der Waals surface area contributed by atoms with Crippen LogP contribution in [0.25, 0.3) is 0 Å². The molecule has 2 unspecified atom stereocenters. The molecule has 1 aliphatic heterocycles. The highest BCUT2D eigenvalue weighted by Gasteiger charge is 2.26. The van der Waals surface area contributed by atoms with E-state index in [0.29, 0.717) is 6.04 Å². The third-order valence-corrected chi connectivity index (χ3v) is 4.14. The second-order valence-corrected chi connectivity index (χ2v) is 5.58. The lowest BCUT2D eigenvalue weighted by Gasteiger charge is -2.39. The van der Waals surface area contributed by atoms with E-state index in [9.17, 15) is 0 Å². The Balaban J connectivity index is 2.08. The van der Waals surface area contributed by atoms with Crippen LogP contribution in [0.3, 0.4) is 0 Å². The van der Waals surface area contributed by atoms with Gasteiger partial charge in [-0.3, -0.25) is 16.3 Å². The van der Waals surface area contributed by atoms with E-state index in [0.717, 1.165) is 26.1 Å². The molecule has 0 spiro atoms. The summed E-state index contributed by atoms with van der Waals surface area (Å²) >= 11 is 0. The summed E-state index contributed by atoms with van der Waals surface area (Å²) in [5.74, 6) is 5.76. The normalized spacial score (nSPS) is 23.5. The molecule has 3 N–H and O–H groups in total. The predicted molar refractivity (Wildman–Crippen MR) is 77.6 cm³/mol. The van der Waals surface area contributed by atoms with E-state index in [1.165, 1.54) is 11.1 Å². The first kappa shape index (κ1) is 14.4. The molecule has 19 heavy (non-hydrogen) atoms. The first-order valence-electron chi connectivity index (χ1n) is 6.87. The molecule has 5 heteroatoms. The quantitative estimate of drug-likeness (QED) is 0.613. The number of aromatic nitrogens is 1. The smallest absolute Gasteiger partial charge is 0.0493 e. The number of nitrogens with one attached hydrogen (secondary N) is 1. The zero-order valence-corrected chi connectivity index (χ0v) is 12.1. The van der Waals surface area contributed by atoms with Gasteiger partial charge in [-0.1, -0.05) is 0 Å². The SMILES string of the molecule is Cc1ccncc1C(CC1CN(C)CCN1C)NN. The Morgan fingerprint density at radius 2 is 2.26 bits per heavy atom. The Bertz CT molecular complexity index is 409.